The molecule has 106 valence electrons. The van der Waals surface area contributed by atoms with Gasteiger partial charge in [-0.1, -0.05) is 32.6 Å². The minimum absolute atomic E-state index is 0.244. The number of likely N-dealkylation sites (tertiary alicyclic amines) is 1. The van der Waals surface area contributed by atoms with E-state index in [-0.39, 0.29) is 5.54 Å². The molecule has 3 heteroatoms. The molecule has 1 aliphatic heterocycles. The lowest BCUT2D eigenvalue weighted by molar-refractivity contribution is 0.0729. The summed E-state index contributed by atoms with van der Waals surface area (Å²) >= 11 is 0. The van der Waals surface area contributed by atoms with Crippen LogP contribution < -0.4 is 11.3 Å². The Labute approximate surface area is 112 Å². The van der Waals surface area contributed by atoms with Crippen LogP contribution >= 0.6 is 0 Å². The van der Waals surface area contributed by atoms with Crippen molar-refractivity contribution in [2.24, 2.45) is 11.8 Å². The molecule has 3 nitrogen and oxygen atoms in total. The van der Waals surface area contributed by atoms with Crippen molar-refractivity contribution in [3.8, 4) is 0 Å². The summed E-state index contributed by atoms with van der Waals surface area (Å²) in [7, 11) is 0. The molecule has 0 radical (unpaired) electrons. The van der Waals surface area contributed by atoms with E-state index in [1.54, 1.807) is 0 Å². The van der Waals surface area contributed by atoms with Crippen LogP contribution in [0.15, 0.2) is 0 Å². The minimum Gasteiger partial charge on any atom is -0.296 e. The second-order valence-electron chi connectivity index (χ2n) is 6.51. The van der Waals surface area contributed by atoms with E-state index in [4.69, 9.17) is 5.84 Å². The molecule has 2 fully saturated rings. The van der Waals surface area contributed by atoms with Gasteiger partial charge in [0.05, 0.1) is 0 Å². The van der Waals surface area contributed by atoms with Gasteiger partial charge in [0.1, 0.15) is 0 Å². The van der Waals surface area contributed by atoms with Gasteiger partial charge in [0.15, 0.2) is 0 Å². The van der Waals surface area contributed by atoms with Gasteiger partial charge in [0, 0.05) is 11.6 Å². The van der Waals surface area contributed by atoms with Crippen LogP contribution in [0.1, 0.15) is 65.2 Å². The molecule has 0 aromatic rings. The van der Waals surface area contributed by atoms with Gasteiger partial charge in [0.25, 0.3) is 0 Å². The van der Waals surface area contributed by atoms with Crippen molar-refractivity contribution < 1.29 is 0 Å². The number of nitrogens with zero attached hydrogens (tertiary/aromatic N) is 1. The molecular formula is C15H31N3. The normalized spacial score (nSPS) is 27.5. The lowest BCUT2D eigenvalue weighted by atomic mass is 9.82. The van der Waals surface area contributed by atoms with Crippen molar-refractivity contribution in [3.05, 3.63) is 0 Å². The number of hydrogen-bond donors (Lipinski definition) is 2. The maximum Gasteiger partial charge on any atom is 0.0394 e. The second kappa shape index (κ2) is 6.36. The van der Waals surface area contributed by atoms with Gasteiger partial charge in [-0.2, -0.15) is 0 Å². The summed E-state index contributed by atoms with van der Waals surface area (Å²) in [5.41, 5.74) is 3.40. The van der Waals surface area contributed by atoms with Crippen LogP contribution in [0.5, 0.6) is 0 Å². The van der Waals surface area contributed by atoms with E-state index in [1.165, 1.54) is 64.5 Å². The molecule has 0 aromatic heterocycles. The first-order chi connectivity index (χ1) is 8.70. The van der Waals surface area contributed by atoms with E-state index >= 15 is 0 Å². The molecule has 1 saturated heterocycles. The van der Waals surface area contributed by atoms with Crippen LogP contribution in [0.3, 0.4) is 0 Å². The lowest BCUT2D eigenvalue weighted by Gasteiger charge is -2.45. The number of nitrogens with two attached hydrogens (primary N) is 1. The molecule has 2 aliphatic rings. The first kappa shape index (κ1) is 14.3. The average molecular weight is 253 g/mol. The molecule has 0 bridgehead atoms. The zero-order valence-electron chi connectivity index (χ0n) is 12.3. The van der Waals surface area contributed by atoms with Crippen molar-refractivity contribution in [2.75, 3.05) is 13.1 Å². The third-order valence-electron chi connectivity index (χ3n) is 5.54. The Morgan fingerprint density at radius 3 is 2.33 bits per heavy atom. The van der Waals surface area contributed by atoms with Gasteiger partial charge in [-0.15, -0.1) is 0 Å². The number of hydrogen-bond acceptors (Lipinski definition) is 3. The highest BCUT2D eigenvalue weighted by atomic mass is 15.3. The number of hydrazine groups is 1. The maximum absolute atomic E-state index is 5.90. The Hall–Kier alpha value is -0.120. The minimum atomic E-state index is 0.244. The highest BCUT2D eigenvalue weighted by Crippen LogP contribution is 2.35. The molecule has 0 spiro atoms. The maximum atomic E-state index is 5.90. The molecule has 18 heavy (non-hydrogen) atoms. The Kier molecular flexibility index (Phi) is 5.05. The molecule has 2 rings (SSSR count). The first-order valence-corrected chi connectivity index (χ1v) is 7.92. The molecule has 2 atom stereocenters. The summed E-state index contributed by atoms with van der Waals surface area (Å²) in [6, 6.07) is 0.448. The van der Waals surface area contributed by atoms with Gasteiger partial charge in [-0.05, 0) is 51.6 Å². The van der Waals surface area contributed by atoms with E-state index in [9.17, 15) is 0 Å². The van der Waals surface area contributed by atoms with Crippen molar-refractivity contribution in [3.63, 3.8) is 0 Å². The largest absolute Gasteiger partial charge is 0.296 e. The average Bonchev–Trinajstić information content (AvgIpc) is 3.07. The number of rotatable bonds is 6. The molecule has 1 saturated carbocycles. The van der Waals surface area contributed by atoms with Gasteiger partial charge >= 0.3 is 0 Å². The SMILES string of the molecule is CCC(C)(C(CC1CCCC1)NN)N1CCCC1. The fourth-order valence-electron chi connectivity index (χ4n) is 4.00. The second-order valence-corrected chi connectivity index (χ2v) is 6.51. The first-order valence-electron chi connectivity index (χ1n) is 7.92. The summed E-state index contributed by atoms with van der Waals surface area (Å²) in [6.07, 6.45) is 10.8. The van der Waals surface area contributed by atoms with Crippen LogP contribution in [0, 0.1) is 5.92 Å². The van der Waals surface area contributed by atoms with E-state index in [2.05, 4.69) is 24.2 Å². The monoisotopic (exact) mass is 253 g/mol. The Bertz CT molecular complexity index is 244. The van der Waals surface area contributed by atoms with E-state index in [1.807, 2.05) is 0 Å². The third-order valence-corrected chi connectivity index (χ3v) is 5.54. The third kappa shape index (κ3) is 2.89. The van der Waals surface area contributed by atoms with Gasteiger partial charge in [-0.25, -0.2) is 0 Å². The van der Waals surface area contributed by atoms with Crippen molar-refractivity contribution >= 4 is 0 Å². The Morgan fingerprint density at radius 2 is 1.83 bits per heavy atom. The fraction of sp³-hybridized carbons (Fsp3) is 1.00. The smallest absolute Gasteiger partial charge is 0.0394 e. The Balaban J connectivity index is 2.01. The van der Waals surface area contributed by atoms with Gasteiger partial charge in [-0.3, -0.25) is 16.2 Å². The molecule has 0 aromatic carbocycles. The van der Waals surface area contributed by atoms with Crippen LogP contribution in [-0.2, 0) is 0 Å². The van der Waals surface area contributed by atoms with Crippen molar-refractivity contribution in [1.82, 2.24) is 10.3 Å². The standard InChI is InChI=1S/C15H31N3/c1-3-15(2,18-10-6-7-11-18)14(17-16)12-13-8-4-5-9-13/h13-14,17H,3-12,16H2,1-2H3. The molecule has 1 heterocycles. The Morgan fingerprint density at radius 1 is 1.22 bits per heavy atom. The fourth-order valence-corrected chi connectivity index (χ4v) is 4.00. The van der Waals surface area contributed by atoms with E-state index < -0.39 is 0 Å². The van der Waals surface area contributed by atoms with Crippen LogP contribution in [0.2, 0.25) is 0 Å². The van der Waals surface area contributed by atoms with E-state index in [0.717, 1.165) is 5.92 Å². The summed E-state index contributed by atoms with van der Waals surface area (Å²) in [5, 5.41) is 0. The molecule has 3 N–H and O–H groups in total. The highest BCUT2D eigenvalue weighted by Gasteiger charge is 2.40. The van der Waals surface area contributed by atoms with Gasteiger partial charge < -0.3 is 0 Å². The van der Waals surface area contributed by atoms with Crippen LogP contribution in [0.25, 0.3) is 0 Å². The summed E-state index contributed by atoms with van der Waals surface area (Å²) < 4.78 is 0. The molecule has 2 unspecified atom stereocenters. The van der Waals surface area contributed by atoms with E-state index in [0.29, 0.717) is 6.04 Å². The van der Waals surface area contributed by atoms with Crippen molar-refractivity contribution in [2.45, 2.75) is 76.8 Å². The number of nitrogens with one attached hydrogen (secondary N) is 1. The zero-order chi connectivity index (χ0) is 13.0. The van der Waals surface area contributed by atoms with Crippen molar-refractivity contribution in [1.29, 1.82) is 0 Å². The highest BCUT2D eigenvalue weighted by molar-refractivity contribution is 4.98. The van der Waals surface area contributed by atoms with Gasteiger partial charge in [0.2, 0.25) is 0 Å². The zero-order valence-corrected chi connectivity index (χ0v) is 12.3. The van der Waals surface area contributed by atoms with Crippen LogP contribution in [0.4, 0.5) is 0 Å². The summed E-state index contributed by atoms with van der Waals surface area (Å²) in [5.74, 6) is 6.81. The summed E-state index contributed by atoms with van der Waals surface area (Å²) in [6.45, 7) is 7.25. The molecule has 1 aliphatic carbocycles. The predicted molar refractivity (Wildman–Crippen MR) is 77.2 cm³/mol. The topological polar surface area (TPSA) is 41.3 Å². The predicted octanol–water partition coefficient (Wildman–Crippen LogP) is 2.66. The van der Waals surface area contributed by atoms with Crippen LogP contribution in [-0.4, -0.2) is 29.6 Å². The molecule has 0 amide bonds. The quantitative estimate of drug-likeness (QED) is 0.565. The molecular weight excluding hydrogens is 222 g/mol. The lowest BCUT2D eigenvalue weighted by Crippen LogP contribution is -2.60. The summed E-state index contributed by atoms with van der Waals surface area (Å²) in [4.78, 5) is 2.67.